The second kappa shape index (κ2) is 4.40. The predicted octanol–water partition coefficient (Wildman–Crippen LogP) is 0.270. The molecule has 2 rings (SSSR count). The van der Waals surface area contributed by atoms with Crippen LogP contribution in [0.3, 0.4) is 0 Å². The first-order valence-electron chi connectivity index (χ1n) is 5.33. The molecule has 2 saturated heterocycles. The van der Waals surface area contributed by atoms with Gasteiger partial charge in [0.1, 0.15) is 0 Å². The second-order valence-corrected chi connectivity index (χ2v) is 4.33. The molecule has 0 radical (unpaired) electrons. The average Bonchev–Trinajstić information content (AvgIpc) is 2.62. The van der Waals surface area contributed by atoms with E-state index in [1.165, 1.54) is 39.1 Å². The summed E-state index contributed by atoms with van der Waals surface area (Å²) in [6.45, 7) is 8.18. The fourth-order valence-corrected chi connectivity index (χ4v) is 2.12. The van der Waals surface area contributed by atoms with Crippen molar-refractivity contribution in [3.05, 3.63) is 0 Å². The summed E-state index contributed by atoms with van der Waals surface area (Å²) in [6.07, 6.45) is 1.27. The summed E-state index contributed by atoms with van der Waals surface area (Å²) in [7, 11) is 2.20. The van der Waals surface area contributed by atoms with Crippen LogP contribution in [0.4, 0.5) is 0 Å². The van der Waals surface area contributed by atoms with Crippen LogP contribution in [0.15, 0.2) is 0 Å². The quantitative estimate of drug-likeness (QED) is 0.612. The van der Waals surface area contributed by atoms with Crippen LogP contribution < -0.4 is 0 Å². The Hall–Kier alpha value is -0.120. The third-order valence-corrected chi connectivity index (χ3v) is 3.14. The zero-order valence-corrected chi connectivity index (χ0v) is 8.54. The van der Waals surface area contributed by atoms with E-state index in [1.807, 2.05) is 0 Å². The fraction of sp³-hybridized carbons (Fsp3) is 1.00. The standard InChI is InChI=1S/C10H20N2O/c1-11-3-5-12(6-4-11)8-10-2-7-13-9-10/h10H,2-9H2,1H3. The van der Waals surface area contributed by atoms with E-state index >= 15 is 0 Å². The van der Waals surface area contributed by atoms with Gasteiger partial charge in [-0.1, -0.05) is 0 Å². The lowest BCUT2D eigenvalue weighted by Gasteiger charge is -2.33. The van der Waals surface area contributed by atoms with Crippen molar-refractivity contribution in [2.45, 2.75) is 6.42 Å². The lowest BCUT2D eigenvalue weighted by molar-refractivity contribution is 0.125. The highest BCUT2D eigenvalue weighted by molar-refractivity contribution is 4.74. The Morgan fingerprint density at radius 2 is 2.00 bits per heavy atom. The molecule has 2 fully saturated rings. The van der Waals surface area contributed by atoms with Gasteiger partial charge >= 0.3 is 0 Å². The van der Waals surface area contributed by atoms with Crippen LogP contribution >= 0.6 is 0 Å². The molecule has 1 atom stereocenters. The van der Waals surface area contributed by atoms with Gasteiger partial charge < -0.3 is 14.5 Å². The number of hydrogen-bond donors (Lipinski definition) is 0. The van der Waals surface area contributed by atoms with E-state index in [0.717, 1.165) is 19.1 Å². The molecule has 3 heteroatoms. The molecule has 2 aliphatic rings. The van der Waals surface area contributed by atoms with Crippen LogP contribution in [0.5, 0.6) is 0 Å². The van der Waals surface area contributed by atoms with Gasteiger partial charge in [-0.05, 0) is 19.4 Å². The Balaban J connectivity index is 1.69. The van der Waals surface area contributed by atoms with Gasteiger partial charge in [-0.25, -0.2) is 0 Å². The predicted molar refractivity (Wildman–Crippen MR) is 52.9 cm³/mol. The largest absolute Gasteiger partial charge is 0.381 e. The van der Waals surface area contributed by atoms with Gasteiger partial charge in [0.25, 0.3) is 0 Å². The van der Waals surface area contributed by atoms with Gasteiger partial charge in [-0.2, -0.15) is 0 Å². The molecule has 0 aliphatic carbocycles. The molecule has 0 N–H and O–H groups in total. The summed E-state index contributed by atoms with van der Waals surface area (Å²) in [5.74, 6) is 0.809. The normalized spacial score (nSPS) is 32.5. The molecule has 76 valence electrons. The Labute approximate surface area is 80.6 Å². The maximum absolute atomic E-state index is 5.38. The summed E-state index contributed by atoms with van der Waals surface area (Å²) >= 11 is 0. The van der Waals surface area contributed by atoms with E-state index in [0.29, 0.717) is 0 Å². The van der Waals surface area contributed by atoms with E-state index in [9.17, 15) is 0 Å². The average molecular weight is 184 g/mol. The molecule has 0 aromatic carbocycles. The summed E-state index contributed by atoms with van der Waals surface area (Å²) in [4.78, 5) is 4.99. The Morgan fingerprint density at radius 3 is 2.62 bits per heavy atom. The van der Waals surface area contributed by atoms with Crippen LogP contribution in [-0.2, 0) is 4.74 Å². The zero-order chi connectivity index (χ0) is 9.10. The first-order valence-corrected chi connectivity index (χ1v) is 5.33. The Bertz CT molecular complexity index is 149. The highest BCUT2D eigenvalue weighted by Gasteiger charge is 2.21. The third-order valence-electron chi connectivity index (χ3n) is 3.14. The number of piperazine rings is 1. The number of rotatable bonds is 2. The first-order chi connectivity index (χ1) is 6.34. The minimum Gasteiger partial charge on any atom is -0.381 e. The van der Waals surface area contributed by atoms with Crippen LogP contribution in [0.2, 0.25) is 0 Å². The van der Waals surface area contributed by atoms with E-state index in [-0.39, 0.29) is 0 Å². The highest BCUT2D eigenvalue weighted by Crippen LogP contribution is 2.14. The van der Waals surface area contributed by atoms with Crippen molar-refractivity contribution < 1.29 is 4.74 Å². The van der Waals surface area contributed by atoms with Crippen LogP contribution in [-0.4, -0.2) is 62.8 Å². The Kier molecular flexibility index (Phi) is 3.19. The minimum absolute atomic E-state index is 0.809. The van der Waals surface area contributed by atoms with E-state index in [2.05, 4.69) is 16.8 Å². The maximum Gasteiger partial charge on any atom is 0.0507 e. The molecular formula is C10H20N2O. The van der Waals surface area contributed by atoms with E-state index in [4.69, 9.17) is 4.74 Å². The van der Waals surface area contributed by atoms with Crippen LogP contribution in [0, 0.1) is 5.92 Å². The molecule has 0 saturated carbocycles. The maximum atomic E-state index is 5.38. The van der Waals surface area contributed by atoms with Gasteiger partial charge in [0.15, 0.2) is 0 Å². The topological polar surface area (TPSA) is 15.7 Å². The van der Waals surface area contributed by atoms with Crippen LogP contribution in [0.25, 0.3) is 0 Å². The van der Waals surface area contributed by atoms with Crippen molar-refractivity contribution in [1.29, 1.82) is 0 Å². The highest BCUT2D eigenvalue weighted by atomic mass is 16.5. The SMILES string of the molecule is CN1CCN(CC2CCOC2)CC1. The van der Waals surface area contributed by atoms with E-state index < -0.39 is 0 Å². The third kappa shape index (κ3) is 2.66. The second-order valence-electron chi connectivity index (χ2n) is 4.33. The van der Waals surface area contributed by atoms with Crippen molar-refractivity contribution in [3.8, 4) is 0 Å². The molecule has 2 heterocycles. The molecular weight excluding hydrogens is 164 g/mol. The lowest BCUT2D eigenvalue weighted by Crippen LogP contribution is -2.46. The van der Waals surface area contributed by atoms with Gasteiger partial charge in [-0.15, -0.1) is 0 Å². The fourth-order valence-electron chi connectivity index (χ4n) is 2.12. The molecule has 2 aliphatic heterocycles. The Morgan fingerprint density at radius 1 is 1.23 bits per heavy atom. The molecule has 0 amide bonds. The molecule has 3 nitrogen and oxygen atoms in total. The van der Waals surface area contributed by atoms with Crippen molar-refractivity contribution in [2.75, 3.05) is 53.0 Å². The van der Waals surface area contributed by atoms with Gasteiger partial charge in [-0.3, -0.25) is 0 Å². The molecule has 13 heavy (non-hydrogen) atoms. The summed E-state index contributed by atoms with van der Waals surface area (Å²) < 4.78 is 5.38. The lowest BCUT2D eigenvalue weighted by atomic mass is 10.1. The first kappa shape index (κ1) is 9.44. The minimum atomic E-state index is 0.809. The molecule has 1 unspecified atom stereocenters. The molecule has 0 aromatic rings. The molecule has 0 aromatic heterocycles. The smallest absolute Gasteiger partial charge is 0.0507 e. The monoisotopic (exact) mass is 184 g/mol. The van der Waals surface area contributed by atoms with E-state index in [1.54, 1.807) is 0 Å². The van der Waals surface area contributed by atoms with Crippen molar-refractivity contribution in [2.24, 2.45) is 5.92 Å². The number of nitrogens with zero attached hydrogens (tertiary/aromatic N) is 2. The van der Waals surface area contributed by atoms with Gasteiger partial charge in [0, 0.05) is 39.3 Å². The van der Waals surface area contributed by atoms with Gasteiger partial charge in [0.2, 0.25) is 0 Å². The molecule has 0 spiro atoms. The summed E-state index contributed by atoms with van der Waals surface area (Å²) in [5, 5.41) is 0. The molecule has 0 bridgehead atoms. The number of ether oxygens (including phenoxy) is 1. The zero-order valence-electron chi connectivity index (χ0n) is 8.54. The summed E-state index contributed by atoms with van der Waals surface area (Å²) in [6, 6.07) is 0. The number of likely N-dealkylation sites (N-methyl/N-ethyl adjacent to an activating group) is 1. The van der Waals surface area contributed by atoms with Crippen molar-refractivity contribution >= 4 is 0 Å². The number of hydrogen-bond acceptors (Lipinski definition) is 3. The van der Waals surface area contributed by atoms with Crippen LogP contribution in [0.1, 0.15) is 6.42 Å². The van der Waals surface area contributed by atoms with Crippen molar-refractivity contribution in [1.82, 2.24) is 9.80 Å². The van der Waals surface area contributed by atoms with Crippen molar-refractivity contribution in [3.63, 3.8) is 0 Å². The van der Waals surface area contributed by atoms with Gasteiger partial charge in [0.05, 0.1) is 6.61 Å². The summed E-state index contributed by atoms with van der Waals surface area (Å²) in [5.41, 5.74) is 0.